The minimum Gasteiger partial charge on any atom is -0.351 e. The fourth-order valence-electron chi connectivity index (χ4n) is 2.66. The standard InChI is InChI=1S/C16H20N4O3S/c21-16(13-19-8-10-24(22,23)11-9-19)17-12-14-4-1-2-5-15(14)20-7-3-6-18-20/h1-7H,8-13H2,(H,17,21). The number of para-hydroxylation sites is 1. The van der Waals surface area contributed by atoms with Crippen molar-refractivity contribution < 1.29 is 13.2 Å². The second-order valence-electron chi connectivity index (χ2n) is 5.78. The Kier molecular flexibility index (Phi) is 4.96. The summed E-state index contributed by atoms with van der Waals surface area (Å²) in [6.07, 6.45) is 3.56. The summed E-state index contributed by atoms with van der Waals surface area (Å²) in [5, 5.41) is 7.12. The molecule has 8 heteroatoms. The van der Waals surface area contributed by atoms with Gasteiger partial charge in [-0.25, -0.2) is 13.1 Å². The van der Waals surface area contributed by atoms with Crippen molar-refractivity contribution in [3.05, 3.63) is 48.3 Å². The van der Waals surface area contributed by atoms with Crippen molar-refractivity contribution in [1.82, 2.24) is 20.0 Å². The van der Waals surface area contributed by atoms with Crippen LogP contribution in [0.15, 0.2) is 42.7 Å². The van der Waals surface area contributed by atoms with E-state index < -0.39 is 9.84 Å². The van der Waals surface area contributed by atoms with E-state index in [-0.39, 0.29) is 24.0 Å². The van der Waals surface area contributed by atoms with Crippen molar-refractivity contribution in [2.75, 3.05) is 31.1 Å². The Morgan fingerprint density at radius 3 is 2.62 bits per heavy atom. The predicted octanol–water partition coefficient (Wildman–Crippen LogP) is 0.219. The summed E-state index contributed by atoms with van der Waals surface area (Å²) in [4.78, 5) is 14.0. The first-order valence-electron chi connectivity index (χ1n) is 7.81. The Hall–Kier alpha value is -2.19. The Labute approximate surface area is 141 Å². The molecule has 0 atom stereocenters. The fourth-order valence-corrected chi connectivity index (χ4v) is 3.93. The molecule has 128 valence electrons. The number of carbonyl (C=O) groups excluding carboxylic acids is 1. The van der Waals surface area contributed by atoms with E-state index in [1.807, 2.05) is 41.4 Å². The molecule has 1 aliphatic rings. The molecule has 7 nitrogen and oxygen atoms in total. The summed E-state index contributed by atoms with van der Waals surface area (Å²) in [6, 6.07) is 9.59. The van der Waals surface area contributed by atoms with E-state index in [2.05, 4.69) is 10.4 Å². The quantitative estimate of drug-likeness (QED) is 0.836. The number of carbonyl (C=O) groups is 1. The monoisotopic (exact) mass is 348 g/mol. The van der Waals surface area contributed by atoms with Crippen molar-refractivity contribution in [3.63, 3.8) is 0 Å². The molecule has 1 saturated heterocycles. The number of benzene rings is 1. The molecule has 0 spiro atoms. The van der Waals surface area contributed by atoms with E-state index in [1.165, 1.54) is 0 Å². The van der Waals surface area contributed by atoms with E-state index in [1.54, 1.807) is 10.9 Å². The molecule has 0 radical (unpaired) electrons. The van der Waals surface area contributed by atoms with Crippen molar-refractivity contribution in [3.8, 4) is 5.69 Å². The van der Waals surface area contributed by atoms with Crippen LogP contribution in [-0.2, 0) is 21.2 Å². The zero-order chi connectivity index (χ0) is 17.0. The Bertz CT molecular complexity index is 788. The van der Waals surface area contributed by atoms with Crippen molar-refractivity contribution >= 4 is 15.7 Å². The number of hydrogen-bond donors (Lipinski definition) is 1. The van der Waals surface area contributed by atoms with E-state index in [0.717, 1.165) is 11.3 Å². The van der Waals surface area contributed by atoms with E-state index in [0.29, 0.717) is 19.6 Å². The third-order valence-corrected chi connectivity index (χ3v) is 5.63. The summed E-state index contributed by atoms with van der Waals surface area (Å²) >= 11 is 0. The summed E-state index contributed by atoms with van der Waals surface area (Å²) in [5.41, 5.74) is 1.89. The van der Waals surface area contributed by atoms with Crippen LogP contribution >= 0.6 is 0 Å². The van der Waals surface area contributed by atoms with Crippen LogP contribution in [0.25, 0.3) is 5.69 Å². The predicted molar refractivity (Wildman–Crippen MR) is 90.5 cm³/mol. The molecule has 3 rings (SSSR count). The van der Waals surface area contributed by atoms with Crippen LogP contribution in [0.1, 0.15) is 5.56 Å². The molecule has 2 aromatic rings. The topological polar surface area (TPSA) is 84.3 Å². The first-order chi connectivity index (χ1) is 11.5. The average molecular weight is 348 g/mol. The molecule has 1 fully saturated rings. The van der Waals surface area contributed by atoms with Crippen LogP contribution in [0.2, 0.25) is 0 Å². The summed E-state index contributed by atoms with van der Waals surface area (Å²) < 4.78 is 24.6. The number of nitrogens with one attached hydrogen (secondary N) is 1. The van der Waals surface area contributed by atoms with E-state index in [4.69, 9.17) is 0 Å². The molecular formula is C16H20N4O3S. The van der Waals surface area contributed by atoms with Gasteiger partial charge in [0.2, 0.25) is 5.91 Å². The second-order valence-corrected chi connectivity index (χ2v) is 8.09. The maximum Gasteiger partial charge on any atom is 0.234 e. The lowest BCUT2D eigenvalue weighted by Crippen LogP contribution is -2.45. The smallest absolute Gasteiger partial charge is 0.234 e. The highest BCUT2D eigenvalue weighted by Crippen LogP contribution is 2.13. The fraction of sp³-hybridized carbons (Fsp3) is 0.375. The van der Waals surface area contributed by atoms with Gasteiger partial charge in [-0.1, -0.05) is 18.2 Å². The Morgan fingerprint density at radius 2 is 1.92 bits per heavy atom. The molecule has 0 bridgehead atoms. The molecule has 24 heavy (non-hydrogen) atoms. The molecule has 1 aromatic heterocycles. The van der Waals surface area contributed by atoms with Crippen LogP contribution in [0, 0.1) is 0 Å². The van der Waals surface area contributed by atoms with Crippen LogP contribution < -0.4 is 5.32 Å². The highest BCUT2D eigenvalue weighted by Gasteiger charge is 2.22. The number of aromatic nitrogens is 2. The van der Waals surface area contributed by atoms with Gasteiger partial charge in [0.1, 0.15) is 0 Å². The van der Waals surface area contributed by atoms with Crippen molar-refractivity contribution in [2.45, 2.75) is 6.54 Å². The third kappa shape index (κ3) is 4.21. The molecule has 1 N–H and O–H groups in total. The highest BCUT2D eigenvalue weighted by atomic mass is 32.2. The third-order valence-electron chi connectivity index (χ3n) is 4.02. The van der Waals surface area contributed by atoms with Gasteiger partial charge in [0.25, 0.3) is 0 Å². The van der Waals surface area contributed by atoms with Gasteiger partial charge >= 0.3 is 0 Å². The minimum atomic E-state index is -2.92. The zero-order valence-corrected chi connectivity index (χ0v) is 14.1. The maximum absolute atomic E-state index is 12.1. The highest BCUT2D eigenvalue weighted by molar-refractivity contribution is 7.91. The molecule has 1 aliphatic heterocycles. The molecular weight excluding hydrogens is 328 g/mol. The molecule has 0 aliphatic carbocycles. The normalized spacial score (nSPS) is 17.5. The van der Waals surface area contributed by atoms with Gasteiger partial charge < -0.3 is 5.32 Å². The van der Waals surface area contributed by atoms with Crippen LogP contribution in [0.5, 0.6) is 0 Å². The number of rotatable bonds is 5. The summed E-state index contributed by atoms with van der Waals surface area (Å²) in [6.45, 7) is 1.46. The summed E-state index contributed by atoms with van der Waals surface area (Å²) in [7, 11) is -2.92. The van der Waals surface area contributed by atoms with Gasteiger partial charge in [-0.15, -0.1) is 0 Å². The lowest BCUT2D eigenvalue weighted by Gasteiger charge is -2.25. The largest absolute Gasteiger partial charge is 0.351 e. The lowest BCUT2D eigenvalue weighted by molar-refractivity contribution is -0.122. The number of sulfone groups is 1. The average Bonchev–Trinajstić information content (AvgIpc) is 3.10. The zero-order valence-electron chi connectivity index (χ0n) is 13.3. The first kappa shape index (κ1) is 16.7. The molecule has 1 aromatic carbocycles. The first-order valence-corrected chi connectivity index (χ1v) is 9.63. The Morgan fingerprint density at radius 1 is 1.17 bits per heavy atom. The van der Waals surface area contributed by atoms with Gasteiger partial charge in [-0.2, -0.15) is 5.10 Å². The van der Waals surface area contributed by atoms with Gasteiger partial charge in [-0.3, -0.25) is 9.69 Å². The van der Waals surface area contributed by atoms with Gasteiger partial charge in [-0.05, 0) is 17.7 Å². The minimum absolute atomic E-state index is 0.107. The van der Waals surface area contributed by atoms with Crippen LogP contribution in [-0.4, -0.2) is 60.1 Å². The molecule has 1 amide bonds. The van der Waals surface area contributed by atoms with Gasteiger partial charge in [0, 0.05) is 32.0 Å². The molecule has 0 saturated carbocycles. The van der Waals surface area contributed by atoms with E-state index >= 15 is 0 Å². The maximum atomic E-state index is 12.1. The van der Waals surface area contributed by atoms with Crippen molar-refractivity contribution in [2.24, 2.45) is 0 Å². The molecule has 0 unspecified atom stereocenters. The second kappa shape index (κ2) is 7.14. The number of nitrogens with zero attached hydrogens (tertiary/aromatic N) is 3. The lowest BCUT2D eigenvalue weighted by atomic mass is 10.2. The van der Waals surface area contributed by atoms with Gasteiger partial charge in [0.05, 0.1) is 23.7 Å². The summed E-state index contributed by atoms with van der Waals surface area (Å²) in [5.74, 6) is 0.148. The number of amides is 1. The van der Waals surface area contributed by atoms with Crippen LogP contribution in [0.3, 0.4) is 0 Å². The molecule has 2 heterocycles. The Balaban J connectivity index is 1.56. The number of hydrogen-bond acceptors (Lipinski definition) is 5. The van der Waals surface area contributed by atoms with Gasteiger partial charge in [0.15, 0.2) is 9.84 Å². The SMILES string of the molecule is O=C(CN1CCS(=O)(=O)CC1)NCc1ccccc1-n1cccn1. The van der Waals surface area contributed by atoms with Crippen LogP contribution in [0.4, 0.5) is 0 Å². The van der Waals surface area contributed by atoms with Crippen molar-refractivity contribution in [1.29, 1.82) is 0 Å². The van der Waals surface area contributed by atoms with E-state index in [9.17, 15) is 13.2 Å².